The van der Waals surface area contributed by atoms with Gasteiger partial charge in [-0.15, -0.1) is 0 Å². The molecule has 0 radical (unpaired) electrons. The van der Waals surface area contributed by atoms with E-state index in [1.54, 1.807) is 11.3 Å². The molecule has 0 saturated carbocycles. The Hall–Kier alpha value is -1.81. The zero-order valence-electron chi connectivity index (χ0n) is 9.14. The van der Waals surface area contributed by atoms with Crippen LogP contribution in [0.25, 0.3) is 0 Å². The summed E-state index contributed by atoms with van der Waals surface area (Å²) in [5.74, 6) is 0.0274. The monoisotopic (exact) mass is 244 g/mol. The van der Waals surface area contributed by atoms with Crippen LogP contribution in [0.5, 0.6) is 0 Å². The Kier molecular flexibility index (Phi) is 2.57. The van der Waals surface area contributed by atoms with E-state index in [0.717, 1.165) is 17.8 Å². The molecular weight excluding hydrogens is 232 g/mol. The molecule has 1 aliphatic heterocycles. The molecule has 3 nitrogen and oxygen atoms in total. The highest BCUT2D eigenvalue weighted by Crippen LogP contribution is 2.25. The van der Waals surface area contributed by atoms with Crippen molar-refractivity contribution in [3.05, 3.63) is 46.7 Å². The molecule has 17 heavy (non-hydrogen) atoms. The number of carbonyl (C=O) groups excluding carboxylic acids is 1. The lowest BCUT2D eigenvalue weighted by Crippen LogP contribution is -2.32. The van der Waals surface area contributed by atoms with Crippen molar-refractivity contribution in [3.8, 4) is 0 Å². The lowest BCUT2D eigenvalue weighted by Gasteiger charge is -2.10. The van der Waals surface area contributed by atoms with E-state index in [2.05, 4.69) is 16.7 Å². The molecular formula is C13H12N2OS. The van der Waals surface area contributed by atoms with Gasteiger partial charge in [-0.2, -0.15) is 11.3 Å². The largest absolute Gasteiger partial charge is 0.373 e. The van der Waals surface area contributed by atoms with Crippen LogP contribution in [0, 0.1) is 0 Å². The number of para-hydroxylation sites is 1. The Bertz CT molecular complexity index is 511. The molecule has 0 fully saturated rings. The number of anilines is 2. The van der Waals surface area contributed by atoms with Crippen molar-refractivity contribution in [2.24, 2.45) is 0 Å². The second kappa shape index (κ2) is 4.22. The third-order valence-corrected chi connectivity index (χ3v) is 3.56. The molecule has 1 unspecified atom stereocenters. The molecule has 1 amide bonds. The first-order valence-electron chi connectivity index (χ1n) is 5.50. The first-order valence-corrected chi connectivity index (χ1v) is 6.45. The van der Waals surface area contributed by atoms with Gasteiger partial charge in [0.05, 0.1) is 5.69 Å². The molecule has 86 valence electrons. The molecule has 0 bridgehead atoms. The summed E-state index contributed by atoms with van der Waals surface area (Å²) in [6.07, 6.45) is 0.756. The number of hydrogen-bond donors (Lipinski definition) is 2. The van der Waals surface area contributed by atoms with E-state index in [1.165, 1.54) is 5.56 Å². The summed E-state index contributed by atoms with van der Waals surface area (Å²) < 4.78 is 0. The van der Waals surface area contributed by atoms with Gasteiger partial charge < -0.3 is 10.6 Å². The molecule has 1 aromatic heterocycles. The molecule has 2 aromatic rings. The number of rotatable bonds is 2. The normalized spacial score (nSPS) is 17.3. The van der Waals surface area contributed by atoms with Gasteiger partial charge in [-0.3, -0.25) is 4.79 Å². The highest BCUT2D eigenvalue weighted by molar-refractivity contribution is 7.08. The fraction of sp³-hybridized carbons (Fsp3) is 0.154. The first kappa shape index (κ1) is 10.4. The van der Waals surface area contributed by atoms with Gasteiger partial charge in [0.25, 0.3) is 0 Å². The first-order chi connectivity index (χ1) is 8.33. The fourth-order valence-corrected chi connectivity index (χ4v) is 2.61. The molecule has 4 heteroatoms. The summed E-state index contributed by atoms with van der Waals surface area (Å²) in [4.78, 5) is 12.0. The Morgan fingerprint density at radius 1 is 1.35 bits per heavy atom. The van der Waals surface area contributed by atoms with Crippen molar-refractivity contribution in [2.45, 2.75) is 12.5 Å². The number of thiophene rings is 1. The van der Waals surface area contributed by atoms with Gasteiger partial charge in [0.2, 0.25) is 5.91 Å². The van der Waals surface area contributed by atoms with Gasteiger partial charge in [-0.1, -0.05) is 18.2 Å². The standard InChI is InChI=1S/C13H12N2OS/c16-13(14-10-5-6-17-8-10)12-7-9-3-1-2-4-11(9)15-12/h1-6,8,12,15H,7H2,(H,14,16). The minimum Gasteiger partial charge on any atom is -0.373 e. The topological polar surface area (TPSA) is 41.1 Å². The predicted molar refractivity (Wildman–Crippen MR) is 70.5 cm³/mol. The molecule has 1 aliphatic rings. The van der Waals surface area contributed by atoms with Gasteiger partial charge in [-0.05, 0) is 23.1 Å². The highest BCUT2D eigenvalue weighted by Gasteiger charge is 2.26. The summed E-state index contributed by atoms with van der Waals surface area (Å²) in [5, 5.41) is 10.0. The second-order valence-electron chi connectivity index (χ2n) is 4.06. The average molecular weight is 244 g/mol. The van der Waals surface area contributed by atoms with Crippen LogP contribution >= 0.6 is 11.3 Å². The smallest absolute Gasteiger partial charge is 0.247 e. The molecule has 1 atom stereocenters. The van der Waals surface area contributed by atoms with Crippen molar-refractivity contribution in [2.75, 3.05) is 10.6 Å². The SMILES string of the molecule is O=C(Nc1ccsc1)C1Cc2ccccc2N1. The number of carbonyl (C=O) groups is 1. The van der Waals surface area contributed by atoms with E-state index in [4.69, 9.17) is 0 Å². The molecule has 2 heterocycles. The van der Waals surface area contributed by atoms with Crippen LogP contribution in [-0.4, -0.2) is 11.9 Å². The third kappa shape index (κ3) is 2.03. The van der Waals surface area contributed by atoms with Crippen LogP contribution < -0.4 is 10.6 Å². The van der Waals surface area contributed by atoms with E-state index in [1.807, 2.05) is 35.0 Å². The number of nitrogens with one attached hydrogen (secondary N) is 2. The predicted octanol–water partition coefficient (Wildman–Crippen LogP) is 2.72. The fourth-order valence-electron chi connectivity index (χ4n) is 2.02. The van der Waals surface area contributed by atoms with Crippen molar-refractivity contribution < 1.29 is 4.79 Å². The number of fused-ring (bicyclic) bond motifs is 1. The Morgan fingerprint density at radius 2 is 2.24 bits per heavy atom. The van der Waals surface area contributed by atoms with Gasteiger partial charge in [0.1, 0.15) is 6.04 Å². The van der Waals surface area contributed by atoms with Crippen molar-refractivity contribution >= 4 is 28.6 Å². The quantitative estimate of drug-likeness (QED) is 0.852. The molecule has 3 rings (SSSR count). The van der Waals surface area contributed by atoms with E-state index in [9.17, 15) is 4.79 Å². The maximum Gasteiger partial charge on any atom is 0.247 e. The molecule has 0 spiro atoms. The second-order valence-corrected chi connectivity index (χ2v) is 4.84. The van der Waals surface area contributed by atoms with Crippen LogP contribution in [0.1, 0.15) is 5.56 Å². The minimum atomic E-state index is -0.160. The Morgan fingerprint density at radius 3 is 3.00 bits per heavy atom. The van der Waals surface area contributed by atoms with Crippen molar-refractivity contribution in [1.82, 2.24) is 0 Å². The molecule has 2 N–H and O–H groups in total. The van der Waals surface area contributed by atoms with Crippen LogP contribution in [0.15, 0.2) is 41.1 Å². The van der Waals surface area contributed by atoms with Gasteiger partial charge in [0.15, 0.2) is 0 Å². The van der Waals surface area contributed by atoms with E-state index < -0.39 is 0 Å². The van der Waals surface area contributed by atoms with E-state index in [0.29, 0.717) is 0 Å². The van der Waals surface area contributed by atoms with Crippen molar-refractivity contribution in [3.63, 3.8) is 0 Å². The van der Waals surface area contributed by atoms with Crippen LogP contribution in [0.3, 0.4) is 0 Å². The maximum absolute atomic E-state index is 12.0. The lowest BCUT2D eigenvalue weighted by atomic mass is 10.1. The van der Waals surface area contributed by atoms with Crippen LogP contribution in [0.4, 0.5) is 11.4 Å². The molecule has 1 aromatic carbocycles. The third-order valence-electron chi connectivity index (χ3n) is 2.88. The summed E-state index contributed by atoms with van der Waals surface area (Å²) >= 11 is 1.58. The maximum atomic E-state index is 12.0. The number of hydrogen-bond acceptors (Lipinski definition) is 3. The van der Waals surface area contributed by atoms with Crippen LogP contribution in [-0.2, 0) is 11.2 Å². The van der Waals surface area contributed by atoms with Gasteiger partial charge in [0, 0.05) is 17.5 Å². The molecule has 0 saturated heterocycles. The summed E-state index contributed by atoms with van der Waals surface area (Å²) in [5.41, 5.74) is 3.15. The zero-order chi connectivity index (χ0) is 11.7. The number of amides is 1. The average Bonchev–Trinajstić information content (AvgIpc) is 2.96. The Labute approximate surface area is 103 Å². The lowest BCUT2D eigenvalue weighted by molar-refractivity contribution is -0.116. The van der Waals surface area contributed by atoms with Gasteiger partial charge >= 0.3 is 0 Å². The minimum absolute atomic E-state index is 0.0274. The summed E-state index contributed by atoms with van der Waals surface area (Å²) in [7, 11) is 0. The molecule has 0 aliphatic carbocycles. The van der Waals surface area contributed by atoms with Gasteiger partial charge in [-0.25, -0.2) is 0 Å². The number of benzene rings is 1. The highest BCUT2D eigenvalue weighted by atomic mass is 32.1. The van der Waals surface area contributed by atoms with Crippen LogP contribution in [0.2, 0.25) is 0 Å². The van der Waals surface area contributed by atoms with Crippen molar-refractivity contribution in [1.29, 1.82) is 0 Å². The Balaban J connectivity index is 1.70. The summed E-state index contributed by atoms with van der Waals surface area (Å²) in [6, 6.07) is 9.79. The van der Waals surface area contributed by atoms with E-state index >= 15 is 0 Å². The zero-order valence-corrected chi connectivity index (χ0v) is 9.96. The summed E-state index contributed by atoms with van der Waals surface area (Å²) in [6.45, 7) is 0. The van der Waals surface area contributed by atoms with E-state index in [-0.39, 0.29) is 11.9 Å².